The SMILES string of the molecule is CCOC(=O)c1ccc(S(=O)(=O)N2CCN(CC(=O)Nc3ccc4ccccc4c3)CC2)cc1. The van der Waals surface area contributed by atoms with Crippen molar-refractivity contribution in [3.05, 3.63) is 72.3 Å². The lowest BCUT2D eigenvalue weighted by molar-refractivity contribution is -0.117. The van der Waals surface area contributed by atoms with E-state index in [0.29, 0.717) is 18.7 Å². The number of fused-ring (bicyclic) bond motifs is 1. The van der Waals surface area contributed by atoms with Crippen LogP contribution in [0.25, 0.3) is 10.8 Å². The molecule has 1 fully saturated rings. The number of hydrogen-bond acceptors (Lipinski definition) is 6. The van der Waals surface area contributed by atoms with Gasteiger partial charge in [-0.05, 0) is 54.1 Å². The van der Waals surface area contributed by atoms with Crippen LogP contribution >= 0.6 is 0 Å². The monoisotopic (exact) mass is 481 g/mol. The van der Waals surface area contributed by atoms with Gasteiger partial charge in [0.05, 0.1) is 23.6 Å². The Bertz CT molecular complexity index is 1280. The molecule has 1 N–H and O–H groups in total. The minimum atomic E-state index is -3.68. The molecule has 0 unspecified atom stereocenters. The largest absolute Gasteiger partial charge is 0.462 e. The average molecular weight is 482 g/mol. The Kier molecular flexibility index (Phi) is 7.26. The van der Waals surface area contributed by atoms with Gasteiger partial charge in [0.2, 0.25) is 15.9 Å². The van der Waals surface area contributed by atoms with E-state index in [1.54, 1.807) is 6.92 Å². The standard InChI is InChI=1S/C25H27N3O5S/c1-2-33-25(30)20-8-11-23(12-9-20)34(31,32)28-15-13-27(14-16-28)18-24(29)26-22-10-7-19-5-3-4-6-21(19)17-22/h3-12,17H,2,13-16,18H2,1H3,(H,26,29). The molecular formula is C25H27N3O5S. The molecule has 4 rings (SSSR count). The van der Waals surface area contributed by atoms with Crippen molar-refractivity contribution < 1.29 is 22.7 Å². The molecule has 0 atom stereocenters. The highest BCUT2D eigenvalue weighted by atomic mass is 32.2. The number of anilines is 1. The molecule has 1 aliphatic heterocycles. The van der Waals surface area contributed by atoms with Gasteiger partial charge < -0.3 is 10.1 Å². The minimum Gasteiger partial charge on any atom is -0.462 e. The predicted octanol–water partition coefficient (Wildman–Crippen LogP) is 2.96. The summed E-state index contributed by atoms with van der Waals surface area (Å²) < 4.78 is 32.3. The van der Waals surface area contributed by atoms with Crippen molar-refractivity contribution in [1.82, 2.24) is 9.21 Å². The van der Waals surface area contributed by atoms with Crippen LogP contribution in [0.3, 0.4) is 0 Å². The first-order valence-electron chi connectivity index (χ1n) is 11.1. The molecule has 0 aliphatic carbocycles. The van der Waals surface area contributed by atoms with Crippen LogP contribution in [0.15, 0.2) is 71.6 Å². The zero-order valence-corrected chi connectivity index (χ0v) is 19.8. The van der Waals surface area contributed by atoms with Gasteiger partial charge in [0.15, 0.2) is 0 Å². The molecule has 0 aromatic heterocycles. The molecule has 3 aromatic carbocycles. The van der Waals surface area contributed by atoms with E-state index in [1.807, 2.05) is 47.4 Å². The third-order valence-corrected chi connectivity index (χ3v) is 7.65. The minimum absolute atomic E-state index is 0.128. The van der Waals surface area contributed by atoms with Crippen molar-refractivity contribution in [1.29, 1.82) is 0 Å². The molecule has 0 bridgehead atoms. The first kappa shape index (κ1) is 23.9. The second kappa shape index (κ2) is 10.3. The zero-order chi connectivity index (χ0) is 24.1. The van der Waals surface area contributed by atoms with Crippen molar-refractivity contribution in [2.75, 3.05) is 44.6 Å². The lowest BCUT2D eigenvalue weighted by Crippen LogP contribution is -2.50. The third kappa shape index (κ3) is 5.44. The Morgan fingerprint density at radius 3 is 2.26 bits per heavy atom. The van der Waals surface area contributed by atoms with Crippen LogP contribution < -0.4 is 5.32 Å². The van der Waals surface area contributed by atoms with Gasteiger partial charge >= 0.3 is 5.97 Å². The fourth-order valence-electron chi connectivity index (χ4n) is 3.93. The summed E-state index contributed by atoms with van der Waals surface area (Å²) in [5, 5.41) is 5.08. The van der Waals surface area contributed by atoms with Crippen LogP contribution in [0, 0.1) is 0 Å². The fraction of sp³-hybridized carbons (Fsp3) is 0.280. The van der Waals surface area contributed by atoms with E-state index in [9.17, 15) is 18.0 Å². The number of rotatable bonds is 7. The Hall–Kier alpha value is -3.27. The third-order valence-electron chi connectivity index (χ3n) is 5.73. The second-order valence-electron chi connectivity index (χ2n) is 8.04. The van der Waals surface area contributed by atoms with Crippen LogP contribution in [-0.2, 0) is 19.6 Å². The van der Waals surface area contributed by atoms with Crippen LogP contribution in [-0.4, -0.2) is 68.8 Å². The Morgan fingerprint density at radius 1 is 0.912 bits per heavy atom. The number of sulfonamides is 1. The van der Waals surface area contributed by atoms with Crippen molar-refractivity contribution in [2.45, 2.75) is 11.8 Å². The molecule has 8 nitrogen and oxygen atoms in total. The summed E-state index contributed by atoms with van der Waals surface area (Å²) in [4.78, 5) is 26.4. The summed E-state index contributed by atoms with van der Waals surface area (Å²) in [5.41, 5.74) is 1.04. The second-order valence-corrected chi connectivity index (χ2v) is 9.97. The van der Waals surface area contributed by atoms with Gasteiger partial charge in [-0.1, -0.05) is 30.3 Å². The van der Waals surface area contributed by atoms with E-state index in [0.717, 1.165) is 16.5 Å². The van der Waals surface area contributed by atoms with Crippen LogP contribution in [0.5, 0.6) is 0 Å². The predicted molar refractivity (Wildman–Crippen MR) is 130 cm³/mol. The lowest BCUT2D eigenvalue weighted by Gasteiger charge is -2.33. The molecular weight excluding hydrogens is 454 g/mol. The number of piperazine rings is 1. The molecule has 1 heterocycles. The van der Waals surface area contributed by atoms with Gasteiger partial charge in [0.25, 0.3) is 0 Å². The number of carbonyl (C=O) groups excluding carboxylic acids is 2. The van der Waals surface area contributed by atoms with E-state index in [-0.39, 0.29) is 37.0 Å². The molecule has 0 spiro atoms. The normalized spacial score (nSPS) is 15.2. The van der Waals surface area contributed by atoms with Crippen molar-refractivity contribution in [3.8, 4) is 0 Å². The number of carbonyl (C=O) groups is 2. The maximum absolute atomic E-state index is 13.0. The molecule has 1 saturated heterocycles. The number of amides is 1. The van der Waals surface area contributed by atoms with E-state index in [1.165, 1.54) is 28.6 Å². The number of esters is 1. The summed E-state index contributed by atoms with van der Waals surface area (Å²) in [7, 11) is -3.68. The Morgan fingerprint density at radius 2 is 1.59 bits per heavy atom. The number of hydrogen-bond donors (Lipinski definition) is 1. The van der Waals surface area contributed by atoms with Gasteiger partial charge in [0.1, 0.15) is 0 Å². The van der Waals surface area contributed by atoms with Crippen molar-refractivity contribution >= 4 is 38.4 Å². The van der Waals surface area contributed by atoms with Gasteiger partial charge in [-0.25, -0.2) is 13.2 Å². The molecule has 1 amide bonds. The molecule has 178 valence electrons. The van der Waals surface area contributed by atoms with E-state index in [2.05, 4.69) is 5.32 Å². The highest BCUT2D eigenvalue weighted by Crippen LogP contribution is 2.20. The van der Waals surface area contributed by atoms with Gasteiger partial charge in [-0.15, -0.1) is 0 Å². The van der Waals surface area contributed by atoms with Gasteiger partial charge in [0, 0.05) is 31.9 Å². The summed E-state index contributed by atoms with van der Waals surface area (Å²) >= 11 is 0. The van der Waals surface area contributed by atoms with Gasteiger partial charge in [-0.2, -0.15) is 4.31 Å². The topological polar surface area (TPSA) is 96.0 Å². The fourth-order valence-corrected chi connectivity index (χ4v) is 5.35. The molecule has 34 heavy (non-hydrogen) atoms. The van der Waals surface area contributed by atoms with Gasteiger partial charge in [-0.3, -0.25) is 9.69 Å². The summed E-state index contributed by atoms with van der Waals surface area (Å²) in [5.74, 6) is -0.622. The smallest absolute Gasteiger partial charge is 0.338 e. The van der Waals surface area contributed by atoms with Crippen LogP contribution in [0.1, 0.15) is 17.3 Å². The summed E-state index contributed by atoms with van der Waals surface area (Å²) in [6, 6.07) is 19.5. The highest BCUT2D eigenvalue weighted by Gasteiger charge is 2.29. The highest BCUT2D eigenvalue weighted by molar-refractivity contribution is 7.89. The zero-order valence-electron chi connectivity index (χ0n) is 18.9. The van der Waals surface area contributed by atoms with Crippen LogP contribution in [0.2, 0.25) is 0 Å². The number of nitrogens with one attached hydrogen (secondary N) is 1. The molecule has 0 radical (unpaired) electrons. The first-order valence-corrected chi connectivity index (χ1v) is 12.6. The maximum atomic E-state index is 13.0. The summed E-state index contributed by atoms with van der Waals surface area (Å²) in [6.07, 6.45) is 0. The first-order chi connectivity index (χ1) is 16.4. The summed E-state index contributed by atoms with van der Waals surface area (Å²) in [6.45, 7) is 3.62. The Balaban J connectivity index is 1.31. The van der Waals surface area contributed by atoms with E-state index >= 15 is 0 Å². The van der Waals surface area contributed by atoms with E-state index < -0.39 is 16.0 Å². The molecule has 3 aromatic rings. The molecule has 9 heteroatoms. The van der Waals surface area contributed by atoms with Crippen molar-refractivity contribution in [2.24, 2.45) is 0 Å². The number of benzene rings is 3. The Labute approximate surface area is 199 Å². The number of ether oxygens (including phenoxy) is 1. The molecule has 0 saturated carbocycles. The molecule has 1 aliphatic rings. The maximum Gasteiger partial charge on any atom is 0.338 e. The number of nitrogens with zero attached hydrogens (tertiary/aromatic N) is 2. The van der Waals surface area contributed by atoms with Crippen molar-refractivity contribution in [3.63, 3.8) is 0 Å². The van der Waals surface area contributed by atoms with E-state index in [4.69, 9.17) is 4.74 Å². The lowest BCUT2D eigenvalue weighted by atomic mass is 10.1. The quantitative estimate of drug-likeness (QED) is 0.522. The van der Waals surface area contributed by atoms with Crippen LogP contribution in [0.4, 0.5) is 5.69 Å². The average Bonchev–Trinajstić information content (AvgIpc) is 2.84.